The fraction of sp³-hybridized carbons (Fsp3) is 0.619. The summed E-state index contributed by atoms with van der Waals surface area (Å²) in [5.41, 5.74) is 1.94. The van der Waals surface area contributed by atoms with Gasteiger partial charge in [-0.05, 0) is 51.1 Å². The minimum Gasteiger partial charge on any atom is -0.381 e. The van der Waals surface area contributed by atoms with Gasteiger partial charge >= 0.3 is 0 Å². The van der Waals surface area contributed by atoms with Crippen LogP contribution in [-0.4, -0.2) is 88.7 Å². The van der Waals surface area contributed by atoms with Crippen molar-refractivity contribution in [2.45, 2.75) is 24.8 Å². The highest BCUT2D eigenvalue weighted by atomic mass is 16.5. The number of likely N-dealkylation sites (N-methyl/N-ethyl adjacent to an activating group) is 1. The van der Waals surface area contributed by atoms with Crippen molar-refractivity contribution in [2.24, 2.45) is 4.99 Å². The van der Waals surface area contributed by atoms with E-state index in [-0.39, 0.29) is 11.4 Å². The summed E-state index contributed by atoms with van der Waals surface area (Å²) in [6, 6.07) is 7.80. The summed E-state index contributed by atoms with van der Waals surface area (Å²) in [6.45, 7) is 3.18. The molecule has 0 radical (unpaired) electrons. The van der Waals surface area contributed by atoms with Crippen LogP contribution in [-0.2, 0) is 11.2 Å². The molecule has 0 atom stereocenters. The maximum atomic E-state index is 12.1. The molecular weight excluding hydrogens is 354 g/mol. The molecule has 0 bridgehead atoms. The predicted octanol–water partition coefficient (Wildman–Crippen LogP) is 1.21. The van der Waals surface area contributed by atoms with Crippen LogP contribution in [0, 0.1) is 0 Å². The van der Waals surface area contributed by atoms with Crippen LogP contribution in [0.25, 0.3) is 0 Å². The van der Waals surface area contributed by atoms with Crippen molar-refractivity contribution in [3.63, 3.8) is 0 Å². The monoisotopic (exact) mass is 389 g/mol. The second kappa shape index (κ2) is 10.4. The number of ether oxygens (including phenoxy) is 1. The first kappa shape index (κ1) is 22.2. The van der Waals surface area contributed by atoms with Gasteiger partial charge in [0.2, 0.25) is 0 Å². The Balaban J connectivity index is 1.86. The molecule has 2 N–H and O–H groups in total. The standard InChI is InChI=1S/C21H35N5O2/c1-22-20(24-16-21(26(4)5)10-13-28-14-11-21)23-12-9-17-7-6-8-18(15-17)19(27)25(2)3/h6-8,15H,9-14,16H2,1-5H3,(H2,22,23,24). The number of carbonyl (C=O) groups excluding carboxylic acids is 1. The highest BCUT2D eigenvalue weighted by Crippen LogP contribution is 2.24. The third kappa shape index (κ3) is 5.94. The lowest BCUT2D eigenvalue weighted by atomic mass is 9.88. The minimum atomic E-state index is 0.0257. The molecule has 0 unspecified atom stereocenters. The van der Waals surface area contributed by atoms with Crippen LogP contribution < -0.4 is 10.6 Å². The van der Waals surface area contributed by atoms with Gasteiger partial charge in [-0.15, -0.1) is 0 Å². The van der Waals surface area contributed by atoms with Gasteiger partial charge in [0, 0.05) is 58.5 Å². The Morgan fingerprint density at radius 2 is 1.89 bits per heavy atom. The number of hydrogen-bond acceptors (Lipinski definition) is 4. The van der Waals surface area contributed by atoms with Gasteiger partial charge in [0.05, 0.1) is 0 Å². The number of carbonyl (C=O) groups is 1. The van der Waals surface area contributed by atoms with E-state index in [1.54, 1.807) is 26.0 Å². The Hall–Kier alpha value is -2.12. The van der Waals surface area contributed by atoms with E-state index in [2.05, 4.69) is 34.6 Å². The number of hydrogen-bond donors (Lipinski definition) is 2. The van der Waals surface area contributed by atoms with E-state index in [9.17, 15) is 4.79 Å². The third-order valence-electron chi connectivity index (χ3n) is 5.47. The molecule has 7 heteroatoms. The summed E-state index contributed by atoms with van der Waals surface area (Å²) >= 11 is 0. The van der Waals surface area contributed by atoms with E-state index in [1.165, 1.54) is 0 Å². The van der Waals surface area contributed by atoms with E-state index in [0.29, 0.717) is 0 Å². The molecule has 1 fully saturated rings. The molecule has 2 rings (SSSR count). The van der Waals surface area contributed by atoms with E-state index < -0.39 is 0 Å². The summed E-state index contributed by atoms with van der Waals surface area (Å²) in [5.74, 6) is 0.825. The summed E-state index contributed by atoms with van der Waals surface area (Å²) < 4.78 is 5.54. The number of benzene rings is 1. The lowest BCUT2D eigenvalue weighted by molar-refractivity contribution is -0.00501. The number of aliphatic imine (C=N–C) groups is 1. The zero-order valence-corrected chi connectivity index (χ0v) is 17.9. The van der Waals surface area contributed by atoms with E-state index in [4.69, 9.17) is 4.74 Å². The van der Waals surface area contributed by atoms with Crippen molar-refractivity contribution in [1.82, 2.24) is 20.4 Å². The largest absolute Gasteiger partial charge is 0.381 e. The van der Waals surface area contributed by atoms with Crippen LogP contribution in [0.15, 0.2) is 29.3 Å². The fourth-order valence-corrected chi connectivity index (χ4v) is 3.45. The molecule has 0 saturated carbocycles. The maximum Gasteiger partial charge on any atom is 0.253 e. The van der Waals surface area contributed by atoms with Crippen LogP contribution in [0.5, 0.6) is 0 Å². The average molecular weight is 390 g/mol. The maximum absolute atomic E-state index is 12.1. The smallest absolute Gasteiger partial charge is 0.253 e. The average Bonchev–Trinajstić information content (AvgIpc) is 2.70. The molecular formula is C21H35N5O2. The second-order valence-electron chi connectivity index (χ2n) is 7.73. The first-order chi connectivity index (χ1) is 13.4. The quantitative estimate of drug-likeness (QED) is 0.542. The summed E-state index contributed by atoms with van der Waals surface area (Å²) in [7, 11) is 9.59. The van der Waals surface area contributed by atoms with E-state index in [0.717, 1.165) is 62.7 Å². The lowest BCUT2D eigenvalue weighted by Gasteiger charge is -2.43. The van der Waals surface area contributed by atoms with Crippen molar-refractivity contribution in [1.29, 1.82) is 0 Å². The van der Waals surface area contributed by atoms with Crippen LogP contribution in [0.3, 0.4) is 0 Å². The number of rotatable bonds is 7. The highest BCUT2D eigenvalue weighted by molar-refractivity contribution is 5.94. The fourth-order valence-electron chi connectivity index (χ4n) is 3.45. The van der Waals surface area contributed by atoms with Crippen molar-refractivity contribution < 1.29 is 9.53 Å². The number of nitrogens with one attached hydrogen (secondary N) is 2. The van der Waals surface area contributed by atoms with Crippen LogP contribution in [0.1, 0.15) is 28.8 Å². The summed E-state index contributed by atoms with van der Waals surface area (Å²) in [4.78, 5) is 20.4. The molecule has 0 aromatic heterocycles. The van der Waals surface area contributed by atoms with Crippen LogP contribution in [0.4, 0.5) is 0 Å². The van der Waals surface area contributed by atoms with Gasteiger partial charge in [0.15, 0.2) is 5.96 Å². The molecule has 1 aliphatic rings. The van der Waals surface area contributed by atoms with E-state index in [1.807, 2.05) is 24.3 Å². The topological polar surface area (TPSA) is 69.2 Å². The number of nitrogens with zero attached hydrogens (tertiary/aromatic N) is 3. The molecule has 0 aliphatic carbocycles. The summed E-state index contributed by atoms with van der Waals surface area (Å²) in [6.07, 6.45) is 2.84. The Morgan fingerprint density at radius 3 is 2.50 bits per heavy atom. The first-order valence-electron chi connectivity index (χ1n) is 9.88. The molecule has 0 spiro atoms. The Morgan fingerprint density at radius 1 is 1.18 bits per heavy atom. The highest BCUT2D eigenvalue weighted by Gasteiger charge is 2.34. The lowest BCUT2D eigenvalue weighted by Crippen LogP contribution is -2.57. The summed E-state index contributed by atoms with van der Waals surface area (Å²) in [5, 5.41) is 6.85. The van der Waals surface area contributed by atoms with Gasteiger partial charge in [-0.25, -0.2) is 0 Å². The Labute approximate surface area is 169 Å². The zero-order chi connectivity index (χ0) is 20.6. The van der Waals surface area contributed by atoms with Gasteiger partial charge in [0.25, 0.3) is 5.91 Å². The molecule has 28 heavy (non-hydrogen) atoms. The zero-order valence-electron chi connectivity index (χ0n) is 17.9. The van der Waals surface area contributed by atoms with Crippen molar-refractivity contribution in [3.05, 3.63) is 35.4 Å². The molecule has 1 aromatic rings. The van der Waals surface area contributed by atoms with Crippen LogP contribution in [0.2, 0.25) is 0 Å². The van der Waals surface area contributed by atoms with Gasteiger partial charge in [0.1, 0.15) is 0 Å². The molecule has 7 nitrogen and oxygen atoms in total. The van der Waals surface area contributed by atoms with Crippen molar-refractivity contribution in [2.75, 3.05) is 61.5 Å². The van der Waals surface area contributed by atoms with Gasteiger partial charge < -0.3 is 25.2 Å². The normalized spacial score (nSPS) is 16.7. The first-order valence-corrected chi connectivity index (χ1v) is 9.88. The SMILES string of the molecule is CN=C(NCCc1cccc(C(=O)N(C)C)c1)NCC1(N(C)C)CCOCC1. The number of amides is 1. The van der Waals surface area contributed by atoms with Gasteiger partial charge in [-0.3, -0.25) is 9.79 Å². The molecule has 1 aliphatic heterocycles. The third-order valence-corrected chi connectivity index (χ3v) is 5.47. The molecule has 156 valence electrons. The van der Waals surface area contributed by atoms with Crippen LogP contribution >= 0.6 is 0 Å². The molecule has 1 aromatic carbocycles. The Kier molecular flexibility index (Phi) is 8.26. The predicted molar refractivity (Wildman–Crippen MR) is 114 cm³/mol. The van der Waals surface area contributed by atoms with Crippen molar-refractivity contribution >= 4 is 11.9 Å². The Bertz CT molecular complexity index is 667. The van der Waals surface area contributed by atoms with E-state index >= 15 is 0 Å². The molecule has 1 heterocycles. The number of guanidine groups is 1. The molecule has 1 amide bonds. The van der Waals surface area contributed by atoms with Gasteiger partial charge in [-0.2, -0.15) is 0 Å². The minimum absolute atomic E-state index is 0.0257. The second-order valence-corrected chi connectivity index (χ2v) is 7.73. The van der Waals surface area contributed by atoms with Crippen molar-refractivity contribution in [3.8, 4) is 0 Å². The molecule has 1 saturated heterocycles. The van der Waals surface area contributed by atoms with Gasteiger partial charge in [-0.1, -0.05) is 12.1 Å².